The lowest BCUT2D eigenvalue weighted by Gasteiger charge is -1.96. The number of hydrogen-bond acceptors (Lipinski definition) is 3. The fraction of sp³-hybridized carbons (Fsp3) is 0.750. The van der Waals surface area contributed by atoms with Gasteiger partial charge in [0.15, 0.2) is 0 Å². The Morgan fingerprint density at radius 1 is 1.42 bits per heavy atom. The summed E-state index contributed by atoms with van der Waals surface area (Å²) in [7, 11) is 0. The number of rotatable bonds is 2. The Morgan fingerprint density at radius 2 is 2.00 bits per heavy atom. The molecule has 4 nitrogen and oxygen atoms in total. The van der Waals surface area contributed by atoms with E-state index in [0.717, 1.165) is 18.8 Å². The van der Waals surface area contributed by atoms with Gasteiger partial charge in [-0.1, -0.05) is 20.8 Å². The van der Waals surface area contributed by atoms with Crippen LogP contribution < -0.4 is 5.73 Å². The van der Waals surface area contributed by atoms with Crippen LogP contribution in [0.1, 0.15) is 33.0 Å². The first-order valence-corrected chi connectivity index (χ1v) is 4.41. The molecular weight excluding hydrogens is 152 g/mol. The van der Waals surface area contributed by atoms with Crippen LogP contribution in [0.25, 0.3) is 0 Å². The van der Waals surface area contributed by atoms with Crippen molar-refractivity contribution in [3.05, 3.63) is 5.82 Å². The van der Waals surface area contributed by atoms with Crippen molar-refractivity contribution in [2.24, 2.45) is 0 Å². The van der Waals surface area contributed by atoms with Gasteiger partial charge in [-0.25, -0.2) is 4.68 Å². The van der Waals surface area contributed by atoms with Crippen LogP contribution in [0.3, 0.4) is 0 Å². The monoisotopic (exact) mass is 170 g/mol. The Balaban J connectivity index is 0.000000561. The van der Waals surface area contributed by atoms with Crippen LogP contribution in [0.5, 0.6) is 0 Å². The quantitative estimate of drug-likeness (QED) is 0.733. The fourth-order valence-electron chi connectivity index (χ4n) is 0.865. The predicted octanol–water partition coefficient (Wildman–Crippen LogP) is 1.60. The average Bonchev–Trinajstić information content (AvgIpc) is 2.35. The molecule has 0 saturated carbocycles. The third kappa shape index (κ3) is 2.90. The fourth-order valence-corrected chi connectivity index (χ4v) is 0.865. The summed E-state index contributed by atoms with van der Waals surface area (Å²) in [5.74, 6) is 1.25. The van der Waals surface area contributed by atoms with Gasteiger partial charge in [0, 0.05) is 6.54 Å². The second-order valence-electron chi connectivity index (χ2n) is 2.24. The van der Waals surface area contributed by atoms with E-state index < -0.39 is 0 Å². The molecule has 0 unspecified atom stereocenters. The van der Waals surface area contributed by atoms with Gasteiger partial charge >= 0.3 is 0 Å². The largest absolute Gasteiger partial charge is 0.366 e. The molecule has 4 heteroatoms. The molecule has 70 valence electrons. The molecule has 0 radical (unpaired) electrons. The van der Waals surface area contributed by atoms with Gasteiger partial charge in [-0.3, -0.25) is 0 Å². The molecule has 1 heterocycles. The van der Waals surface area contributed by atoms with Crippen molar-refractivity contribution >= 4 is 5.95 Å². The third-order valence-corrected chi connectivity index (χ3v) is 1.31. The Kier molecular flexibility index (Phi) is 5.08. The highest BCUT2D eigenvalue weighted by Crippen LogP contribution is 1.98. The normalized spacial score (nSPS) is 9.00. The molecule has 0 aliphatic heterocycles. The van der Waals surface area contributed by atoms with Crippen LogP contribution in [0.15, 0.2) is 0 Å². The maximum Gasteiger partial charge on any atom is 0.239 e. The molecule has 0 bridgehead atoms. The molecule has 0 spiro atoms. The van der Waals surface area contributed by atoms with Crippen LogP contribution in [0.4, 0.5) is 5.95 Å². The molecule has 0 saturated heterocycles. The number of aromatic nitrogens is 3. The molecule has 12 heavy (non-hydrogen) atoms. The Labute approximate surface area is 73.8 Å². The van der Waals surface area contributed by atoms with Crippen molar-refractivity contribution in [3.63, 3.8) is 0 Å². The van der Waals surface area contributed by atoms with Crippen LogP contribution in [-0.2, 0) is 6.54 Å². The summed E-state index contributed by atoms with van der Waals surface area (Å²) < 4.78 is 1.81. The summed E-state index contributed by atoms with van der Waals surface area (Å²) in [5.41, 5.74) is 5.37. The van der Waals surface area contributed by atoms with Gasteiger partial charge in [0.25, 0.3) is 0 Å². The zero-order valence-corrected chi connectivity index (χ0v) is 8.33. The Hall–Kier alpha value is -1.06. The van der Waals surface area contributed by atoms with Crippen molar-refractivity contribution in [2.75, 3.05) is 5.73 Å². The first-order chi connectivity index (χ1) is 5.74. The summed E-state index contributed by atoms with van der Waals surface area (Å²) in [6.07, 6.45) is 1.06. The number of nitrogens with zero attached hydrogens (tertiary/aromatic N) is 3. The molecule has 0 atom stereocenters. The molecule has 1 aromatic heterocycles. The summed E-state index contributed by atoms with van der Waals surface area (Å²) in [6.45, 7) is 8.90. The summed E-state index contributed by atoms with van der Waals surface area (Å²) in [6, 6.07) is 0. The number of anilines is 1. The Morgan fingerprint density at radius 3 is 2.33 bits per heavy atom. The number of aryl methyl sites for hydroxylation is 2. The topological polar surface area (TPSA) is 56.7 Å². The van der Waals surface area contributed by atoms with E-state index in [1.165, 1.54) is 0 Å². The molecule has 0 aromatic carbocycles. The zero-order chi connectivity index (χ0) is 9.56. The number of hydrogen-bond donors (Lipinski definition) is 1. The van der Waals surface area contributed by atoms with E-state index in [1.54, 1.807) is 0 Å². The lowest BCUT2D eigenvalue weighted by Crippen LogP contribution is -2.01. The first-order valence-electron chi connectivity index (χ1n) is 4.41. The van der Waals surface area contributed by atoms with E-state index in [9.17, 15) is 0 Å². The van der Waals surface area contributed by atoms with Gasteiger partial charge in [-0.15, -0.1) is 5.10 Å². The van der Waals surface area contributed by atoms with Crippen LogP contribution in [0, 0.1) is 6.92 Å². The highest BCUT2D eigenvalue weighted by Gasteiger charge is 1.99. The van der Waals surface area contributed by atoms with Crippen LogP contribution in [-0.4, -0.2) is 14.8 Å². The highest BCUT2D eigenvalue weighted by molar-refractivity contribution is 5.12. The lowest BCUT2D eigenvalue weighted by molar-refractivity contribution is 0.585. The van der Waals surface area contributed by atoms with Crippen LogP contribution >= 0.6 is 0 Å². The molecule has 0 aliphatic rings. The smallest absolute Gasteiger partial charge is 0.239 e. The third-order valence-electron chi connectivity index (χ3n) is 1.31. The number of nitrogen functional groups attached to an aromatic ring is 1. The van der Waals surface area contributed by atoms with E-state index in [-0.39, 0.29) is 0 Å². The molecule has 1 aromatic rings. The van der Waals surface area contributed by atoms with E-state index in [2.05, 4.69) is 17.0 Å². The van der Waals surface area contributed by atoms with Crippen molar-refractivity contribution in [1.82, 2.24) is 14.8 Å². The van der Waals surface area contributed by atoms with E-state index in [4.69, 9.17) is 5.73 Å². The van der Waals surface area contributed by atoms with Crippen LogP contribution in [0.2, 0.25) is 0 Å². The highest BCUT2D eigenvalue weighted by atomic mass is 15.4. The molecule has 0 fully saturated rings. The van der Waals surface area contributed by atoms with E-state index in [0.29, 0.717) is 5.95 Å². The second kappa shape index (κ2) is 5.57. The summed E-state index contributed by atoms with van der Waals surface area (Å²) in [4.78, 5) is 3.96. The SMILES string of the molecule is CC.CCCn1nc(N)nc1C. The molecule has 0 aliphatic carbocycles. The van der Waals surface area contributed by atoms with Crippen molar-refractivity contribution < 1.29 is 0 Å². The summed E-state index contributed by atoms with van der Waals surface area (Å²) >= 11 is 0. The zero-order valence-electron chi connectivity index (χ0n) is 8.33. The van der Waals surface area contributed by atoms with Gasteiger partial charge in [0.1, 0.15) is 5.82 Å². The Bertz CT molecular complexity index is 217. The summed E-state index contributed by atoms with van der Waals surface area (Å²) in [5, 5.41) is 3.98. The molecule has 1 rings (SSSR count). The van der Waals surface area contributed by atoms with Gasteiger partial charge in [0.2, 0.25) is 5.95 Å². The van der Waals surface area contributed by atoms with Gasteiger partial charge in [0.05, 0.1) is 0 Å². The molecular formula is C8H18N4. The van der Waals surface area contributed by atoms with Crippen molar-refractivity contribution in [1.29, 1.82) is 0 Å². The minimum absolute atomic E-state index is 0.367. The average molecular weight is 170 g/mol. The minimum atomic E-state index is 0.367. The van der Waals surface area contributed by atoms with Gasteiger partial charge < -0.3 is 5.73 Å². The lowest BCUT2D eigenvalue weighted by atomic mass is 10.5. The number of nitrogens with two attached hydrogens (primary N) is 1. The van der Waals surface area contributed by atoms with E-state index in [1.807, 2.05) is 25.5 Å². The van der Waals surface area contributed by atoms with Crippen molar-refractivity contribution in [3.8, 4) is 0 Å². The second-order valence-corrected chi connectivity index (χ2v) is 2.24. The van der Waals surface area contributed by atoms with Gasteiger partial charge in [-0.2, -0.15) is 4.98 Å². The predicted molar refractivity (Wildman–Crippen MR) is 50.8 cm³/mol. The molecule has 0 amide bonds. The maximum absolute atomic E-state index is 5.37. The maximum atomic E-state index is 5.37. The standard InChI is InChI=1S/C6H12N4.C2H6/c1-3-4-10-5(2)8-6(7)9-10;1-2/h3-4H2,1-2H3,(H2,7,9);1-2H3. The van der Waals surface area contributed by atoms with Gasteiger partial charge in [-0.05, 0) is 13.3 Å². The minimum Gasteiger partial charge on any atom is -0.366 e. The molecule has 2 N–H and O–H groups in total. The first kappa shape index (κ1) is 10.9. The van der Waals surface area contributed by atoms with Crippen molar-refractivity contribution in [2.45, 2.75) is 40.7 Å². The van der Waals surface area contributed by atoms with E-state index >= 15 is 0 Å².